The summed E-state index contributed by atoms with van der Waals surface area (Å²) in [4.78, 5) is 26.8. The van der Waals surface area contributed by atoms with Gasteiger partial charge in [-0.05, 0) is 37.7 Å². The number of hydrogen-bond donors (Lipinski definition) is 2. The van der Waals surface area contributed by atoms with E-state index in [0.29, 0.717) is 13.0 Å². The molecule has 2 N–H and O–H groups in total. The molecule has 25 heavy (non-hydrogen) atoms. The molecule has 0 bridgehead atoms. The van der Waals surface area contributed by atoms with E-state index in [4.69, 9.17) is 4.74 Å². The monoisotopic (exact) mass is 345 g/mol. The maximum atomic E-state index is 12.7. The molecule has 0 spiro atoms. The van der Waals surface area contributed by atoms with Crippen molar-refractivity contribution in [2.24, 2.45) is 0 Å². The summed E-state index contributed by atoms with van der Waals surface area (Å²) >= 11 is 0. The van der Waals surface area contributed by atoms with Crippen LogP contribution in [0.25, 0.3) is 0 Å². The molecule has 1 saturated carbocycles. The van der Waals surface area contributed by atoms with Gasteiger partial charge in [-0.1, -0.05) is 30.3 Å². The van der Waals surface area contributed by atoms with Crippen molar-refractivity contribution in [2.45, 2.75) is 56.8 Å². The minimum absolute atomic E-state index is 0.0000310. The van der Waals surface area contributed by atoms with Crippen LogP contribution in [-0.2, 0) is 16.1 Å². The standard InChI is InChI=1S/C19H27N3O3/c1-25-17-11-5-9-15(17)20-19(24)21-16-10-6-12-22(18(16)23)13-14-7-3-2-4-8-14/h2-4,7-8,15-17H,5-6,9-13H2,1H3,(H2,20,21,24)/t15-,16-,17-/m1/s1. The first-order valence-electron chi connectivity index (χ1n) is 9.10. The summed E-state index contributed by atoms with van der Waals surface area (Å²) in [5, 5.41) is 5.83. The van der Waals surface area contributed by atoms with Gasteiger partial charge in [0.05, 0.1) is 12.1 Å². The van der Waals surface area contributed by atoms with Crippen LogP contribution in [-0.4, -0.2) is 48.7 Å². The van der Waals surface area contributed by atoms with Crippen molar-refractivity contribution in [3.05, 3.63) is 35.9 Å². The molecule has 1 aliphatic carbocycles. The molecule has 1 heterocycles. The Morgan fingerprint density at radius 3 is 2.72 bits per heavy atom. The third-order valence-electron chi connectivity index (χ3n) is 5.12. The highest BCUT2D eigenvalue weighted by atomic mass is 16.5. The maximum absolute atomic E-state index is 12.7. The predicted octanol–water partition coefficient (Wildman–Crippen LogP) is 2.04. The van der Waals surface area contributed by atoms with Crippen molar-refractivity contribution < 1.29 is 14.3 Å². The maximum Gasteiger partial charge on any atom is 0.315 e. The first-order valence-corrected chi connectivity index (χ1v) is 9.10. The highest BCUT2D eigenvalue weighted by molar-refractivity contribution is 5.87. The molecule has 0 unspecified atom stereocenters. The van der Waals surface area contributed by atoms with E-state index >= 15 is 0 Å². The van der Waals surface area contributed by atoms with Crippen LogP contribution in [0.2, 0.25) is 0 Å². The van der Waals surface area contributed by atoms with Gasteiger partial charge in [0.25, 0.3) is 0 Å². The van der Waals surface area contributed by atoms with Crippen LogP contribution in [0.15, 0.2) is 30.3 Å². The predicted molar refractivity (Wildman–Crippen MR) is 95.0 cm³/mol. The number of carbonyl (C=O) groups is 2. The van der Waals surface area contributed by atoms with Gasteiger partial charge in [-0.15, -0.1) is 0 Å². The summed E-state index contributed by atoms with van der Waals surface area (Å²) in [5.74, 6) is -0.0000310. The lowest BCUT2D eigenvalue weighted by molar-refractivity contribution is -0.136. The van der Waals surface area contributed by atoms with Gasteiger partial charge in [0.2, 0.25) is 5.91 Å². The number of methoxy groups -OCH3 is 1. The number of hydrogen-bond acceptors (Lipinski definition) is 3. The van der Waals surface area contributed by atoms with Crippen molar-refractivity contribution >= 4 is 11.9 Å². The molecular formula is C19H27N3O3. The second-order valence-electron chi connectivity index (χ2n) is 6.87. The molecule has 3 amide bonds. The lowest BCUT2D eigenvalue weighted by Crippen LogP contribution is -2.55. The molecular weight excluding hydrogens is 318 g/mol. The smallest absolute Gasteiger partial charge is 0.315 e. The molecule has 1 saturated heterocycles. The quantitative estimate of drug-likeness (QED) is 0.858. The number of ether oxygens (including phenoxy) is 1. The number of amides is 3. The number of likely N-dealkylation sites (tertiary alicyclic amines) is 1. The molecule has 6 heteroatoms. The van der Waals surface area contributed by atoms with Crippen molar-refractivity contribution in [3.63, 3.8) is 0 Å². The Balaban J connectivity index is 1.53. The van der Waals surface area contributed by atoms with Crippen molar-refractivity contribution in [2.75, 3.05) is 13.7 Å². The van der Waals surface area contributed by atoms with Crippen molar-refractivity contribution in [1.82, 2.24) is 15.5 Å². The first-order chi connectivity index (χ1) is 12.2. The lowest BCUT2D eigenvalue weighted by Gasteiger charge is -2.33. The minimum atomic E-state index is -0.445. The molecule has 1 aromatic carbocycles. The second kappa shape index (κ2) is 8.34. The van der Waals surface area contributed by atoms with Gasteiger partial charge in [0.15, 0.2) is 0 Å². The zero-order valence-corrected chi connectivity index (χ0v) is 14.7. The molecule has 6 nitrogen and oxygen atoms in total. The number of carbonyl (C=O) groups excluding carboxylic acids is 2. The minimum Gasteiger partial charge on any atom is -0.379 e. The summed E-state index contributed by atoms with van der Waals surface area (Å²) in [6.07, 6.45) is 4.60. The van der Waals surface area contributed by atoms with Crippen LogP contribution in [0.3, 0.4) is 0 Å². The zero-order valence-electron chi connectivity index (χ0n) is 14.7. The highest BCUT2D eigenvalue weighted by Gasteiger charge is 2.32. The van der Waals surface area contributed by atoms with E-state index in [9.17, 15) is 9.59 Å². The van der Waals surface area contributed by atoms with Crippen LogP contribution in [0.4, 0.5) is 4.79 Å². The molecule has 3 atom stereocenters. The van der Waals surface area contributed by atoms with E-state index in [2.05, 4.69) is 10.6 Å². The van der Waals surface area contributed by atoms with Crippen LogP contribution >= 0.6 is 0 Å². The second-order valence-corrected chi connectivity index (χ2v) is 6.87. The van der Waals surface area contributed by atoms with Crippen molar-refractivity contribution in [1.29, 1.82) is 0 Å². The molecule has 1 aliphatic heterocycles. The van der Waals surface area contributed by atoms with Crippen LogP contribution in [0.5, 0.6) is 0 Å². The summed E-state index contributed by atoms with van der Waals surface area (Å²) in [6, 6.07) is 9.26. The van der Waals surface area contributed by atoms with Gasteiger partial charge in [0.1, 0.15) is 6.04 Å². The van der Waals surface area contributed by atoms with Crippen molar-refractivity contribution in [3.8, 4) is 0 Å². The summed E-state index contributed by atoms with van der Waals surface area (Å²) in [5.41, 5.74) is 1.11. The van der Waals surface area contributed by atoms with Crippen LogP contribution < -0.4 is 10.6 Å². The molecule has 2 fully saturated rings. The number of benzene rings is 1. The van der Waals surface area contributed by atoms with Gasteiger partial charge in [0, 0.05) is 20.2 Å². The third kappa shape index (κ3) is 4.51. The van der Waals surface area contributed by atoms with Gasteiger partial charge in [-0.25, -0.2) is 4.79 Å². The zero-order chi connectivity index (χ0) is 17.6. The average molecular weight is 345 g/mol. The Bertz CT molecular complexity index is 593. The van der Waals surface area contributed by atoms with Gasteiger partial charge in [-0.2, -0.15) is 0 Å². The largest absolute Gasteiger partial charge is 0.379 e. The fourth-order valence-electron chi connectivity index (χ4n) is 3.78. The Kier molecular flexibility index (Phi) is 5.91. The van der Waals surface area contributed by atoms with Gasteiger partial charge in [-0.3, -0.25) is 4.79 Å². The molecule has 2 aliphatic rings. The number of nitrogens with zero attached hydrogens (tertiary/aromatic N) is 1. The Labute approximate surface area is 148 Å². The normalized spacial score (nSPS) is 26.5. The fourth-order valence-corrected chi connectivity index (χ4v) is 3.78. The highest BCUT2D eigenvalue weighted by Crippen LogP contribution is 2.21. The number of nitrogens with one attached hydrogen (secondary N) is 2. The lowest BCUT2D eigenvalue weighted by atomic mass is 10.0. The van der Waals surface area contributed by atoms with Crippen LogP contribution in [0, 0.1) is 0 Å². The Morgan fingerprint density at radius 2 is 1.96 bits per heavy atom. The Hall–Kier alpha value is -2.08. The number of urea groups is 1. The average Bonchev–Trinajstić information content (AvgIpc) is 3.06. The van der Waals surface area contributed by atoms with E-state index in [1.807, 2.05) is 35.2 Å². The first kappa shape index (κ1) is 17.7. The third-order valence-corrected chi connectivity index (χ3v) is 5.12. The van der Waals surface area contributed by atoms with E-state index in [-0.39, 0.29) is 24.1 Å². The van der Waals surface area contributed by atoms with E-state index in [1.54, 1.807) is 7.11 Å². The number of piperidine rings is 1. The molecule has 0 radical (unpaired) electrons. The Morgan fingerprint density at radius 1 is 1.16 bits per heavy atom. The van der Waals surface area contributed by atoms with E-state index in [0.717, 1.165) is 37.8 Å². The van der Waals surface area contributed by atoms with Gasteiger partial charge < -0.3 is 20.3 Å². The van der Waals surface area contributed by atoms with E-state index in [1.165, 1.54) is 0 Å². The fraction of sp³-hybridized carbons (Fsp3) is 0.579. The molecule has 0 aromatic heterocycles. The summed E-state index contributed by atoms with van der Waals surface area (Å²) in [7, 11) is 1.68. The van der Waals surface area contributed by atoms with Crippen LogP contribution in [0.1, 0.15) is 37.7 Å². The SMILES string of the molecule is CO[C@@H]1CCC[C@H]1NC(=O)N[C@@H]1CCCN(Cc2ccccc2)C1=O. The van der Waals surface area contributed by atoms with Gasteiger partial charge >= 0.3 is 6.03 Å². The number of rotatable bonds is 5. The summed E-state index contributed by atoms with van der Waals surface area (Å²) in [6.45, 7) is 1.33. The van der Waals surface area contributed by atoms with E-state index < -0.39 is 6.04 Å². The molecule has 136 valence electrons. The molecule has 3 rings (SSSR count). The topological polar surface area (TPSA) is 70.7 Å². The summed E-state index contributed by atoms with van der Waals surface area (Å²) < 4.78 is 5.40. The molecule has 1 aromatic rings.